The Morgan fingerprint density at radius 2 is 2.18 bits per heavy atom. The smallest absolute Gasteiger partial charge is 0.200 e. The van der Waals surface area contributed by atoms with Gasteiger partial charge in [0.25, 0.3) is 0 Å². The summed E-state index contributed by atoms with van der Waals surface area (Å²) in [5, 5.41) is 9.13. The number of benzene rings is 1. The van der Waals surface area contributed by atoms with Crippen molar-refractivity contribution in [2.24, 2.45) is 0 Å². The van der Waals surface area contributed by atoms with Crippen LogP contribution in [0.3, 0.4) is 0 Å². The first-order valence-corrected chi connectivity index (χ1v) is 7.71. The molecule has 0 bridgehead atoms. The van der Waals surface area contributed by atoms with Crippen LogP contribution in [-0.2, 0) is 12.3 Å². The van der Waals surface area contributed by atoms with Crippen LogP contribution in [0.5, 0.6) is 0 Å². The summed E-state index contributed by atoms with van der Waals surface area (Å²) in [4.78, 5) is 0. The van der Waals surface area contributed by atoms with Crippen LogP contribution in [-0.4, -0.2) is 14.8 Å². The maximum Gasteiger partial charge on any atom is 0.200 e. The Hall–Kier alpha value is -2.34. The van der Waals surface area contributed by atoms with Crippen LogP contribution in [0.2, 0.25) is 0 Å². The minimum Gasteiger partial charge on any atom is -0.461 e. The Labute approximate surface area is 131 Å². The summed E-state index contributed by atoms with van der Waals surface area (Å²) in [5.41, 5.74) is 0.901. The molecule has 2 heterocycles. The van der Waals surface area contributed by atoms with Gasteiger partial charge in [0.1, 0.15) is 5.82 Å². The van der Waals surface area contributed by atoms with E-state index in [1.807, 2.05) is 22.8 Å². The molecule has 3 aromatic rings. The van der Waals surface area contributed by atoms with Crippen LogP contribution < -0.4 is 0 Å². The fraction of sp³-hybridized carbons (Fsp3) is 0.125. The van der Waals surface area contributed by atoms with Crippen LogP contribution in [0, 0.1) is 5.82 Å². The fourth-order valence-corrected chi connectivity index (χ4v) is 2.94. The second kappa shape index (κ2) is 6.62. The van der Waals surface area contributed by atoms with Gasteiger partial charge >= 0.3 is 0 Å². The lowest BCUT2D eigenvalue weighted by Crippen LogP contribution is -2.00. The molecule has 3 rings (SSSR count). The molecule has 0 aliphatic rings. The Bertz CT molecular complexity index is 768. The van der Waals surface area contributed by atoms with Gasteiger partial charge in [0.05, 0.1) is 6.26 Å². The van der Waals surface area contributed by atoms with Crippen LogP contribution in [0.15, 0.2) is 64.9 Å². The zero-order valence-electron chi connectivity index (χ0n) is 11.8. The van der Waals surface area contributed by atoms with E-state index in [-0.39, 0.29) is 5.82 Å². The largest absolute Gasteiger partial charge is 0.461 e. The van der Waals surface area contributed by atoms with Gasteiger partial charge in [0.15, 0.2) is 10.9 Å². The van der Waals surface area contributed by atoms with Crippen LogP contribution in [0.25, 0.3) is 11.6 Å². The third-order valence-electron chi connectivity index (χ3n) is 3.03. The number of halogens is 1. The lowest BCUT2D eigenvalue weighted by molar-refractivity contribution is 0.569. The second-order valence-corrected chi connectivity index (χ2v) is 5.54. The Morgan fingerprint density at radius 1 is 1.27 bits per heavy atom. The van der Waals surface area contributed by atoms with Gasteiger partial charge in [-0.1, -0.05) is 30.0 Å². The van der Waals surface area contributed by atoms with Gasteiger partial charge in [-0.15, -0.1) is 16.8 Å². The second-order valence-electron chi connectivity index (χ2n) is 4.60. The highest BCUT2D eigenvalue weighted by Gasteiger charge is 2.15. The minimum atomic E-state index is -0.234. The molecule has 2 aromatic heterocycles. The average Bonchev–Trinajstić information content (AvgIpc) is 3.15. The normalized spacial score (nSPS) is 10.8. The van der Waals surface area contributed by atoms with Crippen molar-refractivity contribution in [2.45, 2.75) is 17.5 Å². The van der Waals surface area contributed by atoms with E-state index < -0.39 is 0 Å². The summed E-state index contributed by atoms with van der Waals surface area (Å²) in [6.45, 7) is 4.34. The Kier molecular flexibility index (Phi) is 4.39. The monoisotopic (exact) mass is 315 g/mol. The summed E-state index contributed by atoms with van der Waals surface area (Å²) >= 11 is 1.50. The number of allylic oxidation sites excluding steroid dienone is 1. The van der Waals surface area contributed by atoms with Gasteiger partial charge in [-0.05, 0) is 29.8 Å². The molecular formula is C16H14FN3OS. The molecule has 0 spiro atoms. The summed E-state index contributed by atoms with van der Waals surface area (Å²) in [6, 6.07) is 10.2. The first-order chi connectivity index (χ1) is 10.8. The van der Waals surface area contributed by atoms with E-state index in [4.69, 9.17) is 4.42 Å². The molecule has 0 saturated carbocycles. The first-order valence-electron chi connectivity index (χ1n) is 6.73. The van der Waals surface area contributed by atoms with Gasteiger partial charge < -0.3 is 4.42 Å². The summed E-state index contributed by atoms with van der Waals surface area (Å²) in [6.07, 6.45) is 3.38. The van der Waals surface area contributed by atoms with Gasteiger partial charge in [-0.2, -0.15) is 0 Å². The van der Waals surface area contributed by atoms with Crippen molar-refractivity contribution in [3.63, 3.8) is 0 Å². The molecule has 0 aliphatic carbocycles. The molecule has 0 amide bonds. The topological polar surface area (TPSA) is 43.9 Å². The molecule has 0 radical (unpaired) electrons. The molecule has 0 fully saturated rings. The molecule has 0 aliphatic heterocycles. The lowest BCUT2D eigenvalue weighted by atomic mass is 10.2. The van der Waals surface area contributed by atoms with Crippen LogP contribution in [0.4, 0.5) is 4.39 Å². The molecule has 0 saturated heterocycles. The van der Waals surface area contributed by atoms with Crippen molar-refractivity contribution in [3.05, 3.63) is 66.7 Å². The highest BCUT2D eigenvalue weighted by molar-refractivity contribution is 7.98. The summed E-state index contributed by atoms with van der Waals surface area (Å²) < 4.78 is 20.5. The first kappa shape index (κ1) is 14.6. The van der Waals surface area contributed by atoms with Gasteiger partial charge in [0.2, 0.25) is 5.82 Å². The number of rotatable bonds is 6. The number of furan rings is 1. The molecule has 0 unspecified atom stereocenters. The van der Waals surface area contributed by atoms with Crippen LogP contribution >= 0.6 is 11.8 Å². The van der Waals surface area contributed by atoms with E-state index in [1.165, 1.54) is 23.9 Å². The number of nitrogens with zero attached hydrogens (tertiary/aromatic N) is 3. The lowest BCUT2D eigenvalue weighted by Gasteiger charge is -2.06. The quantitative estimate of drug-likeness (QED) is 0.506. The molecular weight excluding hydrogens is 301 g/mol. The Balaban J connectivity index is 1.83. The highest BCUT2D eigenvalue weighted by Crippen LogP contribution is 2.26. The Morgan fingerprint density at radius 3 is 2.91 bits per heavy atom. The van der Waals surface area contributed by atoms with E-state index in [2.05, 4.69) is 16.8 Å². The van der Waals surface area contributed by atoms with Crippen molar-refractivity contribution < 1.29 is 8.81 Å². The van der Waals surface area contributed by atoms with Crippen molar-refractivity contribution in [1.82, 2.24) is 14.8 Å². The molecule has 0 atom stereocenters. The third-order valence-corrected chi connectivity index (χ3v) is 4.06. The predicted molar refractivity (Wildman–Crippen MR) is 83.9 cm³/mol. The van der Waals surface area contributed by atoms with Crippen LogP contribution in [0.1, 0.15) is 5.56 Å². The zero-order chi connectivity index (χ0) is 15.4. The van der Waals surface area contributed by atoms with Crippen molar-refractivity contribution in [1.29, 1.82) is 0 Å². The third kappa shape index (κ3) is 3.12. The number of hydrogen-bond donors (Lipinski definition) is 0. The molecule has 6 heteroatoms. The number of aromatic nitrogens is 3. The van der Waals surface area contributed by atoms with Gasteiger partial charge in [0, 0.05) is 12.3 Å². The SMILES string of the molecule is C=CCn1c(SCc2cccc(F)c2)nnc1-c1ccco1. The summed E-state index contributed by atoms with van der Waals surface area (Å²) in [7, 11) is 0. The van der Waals surface area contributed by atoms with Gasteiger partial charge in [-0.3, -0.25) is 4.57 Å². The maximum atomic E-state index is 13.2. The fourth-order valence-electron chi connectivity index (χ4n) is 2.05. The van der Waals surface area contributed by atoms with E-state index in [0.29, 0.717) is 23.9 Å². The van der Waals surface area contributed by atoms with Crippen molar-refractivity contribution >= 4 is 11.8 Å². The van der Waals surface area contributed by atoms with Crippen molar-refractivity contribution in [3.8, 4) is 11.6 Å². The number of hydrogen-bond acceptors (Lipinski definition) is 4. The highest BCUT2D eigenvalue weighted by atomic mass is 32.2. The molecule has 4 nitrogen and oxygen atoms in total. The summed E-state index contributed by atoms with van der Waals surface area (Å²) in [5.74, 6) is 1.70. The maximum absolute atomic E-state index is 13.2. The molecule has 22 heavy (non-hydrogen) atoms. The average molecular weight is 315 g/mol. The van der Waals surface area contributed by atoms with Gasteiger partial charge in [-0.25, -0.2) is 4.39 Å². The standard InChI is InChI=1S/C16H14FN3OS/c1-2-8-20-15(14-7-4-9-21-14)18-19-16(20)22-11-12-5-3-6-13(17)10-12/h2-7,9-10H,1,8,11H2. The van der Waals surface area contributed by atoms with E-state index in [1.54, 1.807) is 18.4 Å². The van der Waals surface area contributed by atoms with E-state index >= 15 is 0 Å². The number of thioether (sulfide) groups is 1. The molecule has 112 valence electrons. The van der Waals surface area contributed by atoms with E-state index in [9.17, 15) is 4.39 Å². The minimum absolute atomic E-state index is 0.234. The van der Waals surface area contributed by atoms with Crippen molar-refractivity contribution in [2.75, 3.05) is 0 Å². The predicted octanol–water partition coefficient (Wildman–Crippen LogP) is 4.16. The molecule has 0 N–H and O–H groups in total. The van der Waals surface area contributed by atoms with E-state index in [0.717, 1.165) is 10.7 Å². The zero-order valence-corrected chi connectivity index (χ0v) is 12.6. The molecule has 1 aromatic carbocycles.